The molecule has 0 amide bonds. The molecular formula is C45H52Cl2O7Si. The first-order valence-electron chi connectivity index (χ1n) is 19.0. The second-order valence-electron chi connectivity index (χ2n) is 14.9. The molecule has 5 unspecified atom stereocenters. The van der Waals surface area contributed by atoms with E-state index in [-0.39, 0.29) is 18.6 Å². The molecule has 0 radical (unpaired) electrons. The molecule has 4 aromatic rings. The number of aliphatic hydroxyl groups is 1. The number of aliphatic hydroxyl groups excluding tert-OH is 1. The molecule has 5 atom stereocenters. The van der Waals surface area contributed by atoms with Crippen LogP contribution in [0, 0.1) is 5.92 Å². The Morgan fingerprint density at radius 2 is 1.58 bits per heavy atom. The lowest BCUT2D eigenvalue weighted by Gasteiger charge is -2.47. The lowest BCUT2D eigenvalue weighted by atomic mass is 9.78. The maximum absolute atomic E-state index is 12.9. The summed E-state index contributed by atoms with van der Waals surface area (Å²) in [5, 5.41) is 13.8. The Morgan fingerprint density at radius 3 is 2.16 bits per heavy atom. The van der Waals surface area contributed by atoms with Gasteiger partial charge in [-0.1, -0.05) is 116 Å². The summed E-state index contributed by atoms with van der Waals surface area (Å²) in [4.78, 5) is 38.5. The highest BCUT2D eigenvalue weighted by Crippen LogP contribution is 2.46. The van der Waals surface area contributed by atoms with E-state index in [1.807, 2.05) is 110 Å². The Bertz CT molecular complexity index is 1830. The van der Waals surface area contributed by atoms with Crippen LogP contribution < -0.4 is 15.1 Å². The fraction of sp³-hybridized carbons (Fsp3) is 0.378. The first-order chi connectivity index (χ1) is 26.4. The zero-order valence-corrected chi connectivity index (χ0v) is 34.3. The fourth-order valence-corrected chi connectivity index (χ4v) is 11.8. The van der Waals surface area contributed by atoms with Crippen molar-refractivity contribution in [3.8, 4) is 5.75 Å². The lowest BCUT2D eigenvalue weighted by molar-refractivity contribution is -0.219. The van der Waals surface area contributed by atoms with E-state index in [0.29, 0.717) is 37.3 Å². The molecule has 0 bridgehead atoms. The molecule has 0 aliphatic carbocycles. The van der Waals surface area contributed by atoms with Crippen LogP contribution >= 0.6 is 23.2 Å². The van der Waals surface area contributed by atoms with Crippen molar-refractivity contribution in [1.29, 1.82) is 0 Å². The van der Waals surface area contributed by atoms with E-state index in [1.165, 1.54) is 0 Å². The number of hydrogen-bond acceptors (Lipinski definition) is 7. The molecule has 1 saturated heterocycles. The van der Waals surface area contributed by atoms with Crippen molar-refractivity contribution >= 4 is 53.6 Å². The minimum Gasteiger partial charge on any atom is -0.494 e. The highest BCUT2D eigenvalue weighted by atomic mass is 35.5. The van der Waals surface area contributed by atoms with E-state index in [9.17, 15) is 19.5 Å². The van der Waals surface area contributed by atoms with E-state index in [2.05, 4.69) is 20.4 Å². The van der Waals surface area contributed by atoms with Crippen molar-refractivity contribution in [2.45, 2.75) is 88.8 Å². The molecule has 0 aromatic heterocycles. The van der Waals surface area contributed by atoms with Crippen molar-refractivity contribution in [3.63, 3.8) is 0 Å². The SMILES string of the molecule is C=CCC(=O)CCC1C(c2ccc(Cl)c(Cc3ccc(OCC)cc3)c2)OC(CCC(C)(C)[Si](O)(c2ccccc2)c2ccccc2)C(O)C1OC(=O)CCl. The summed E-state index contributed by atoms with van der Waals surface area (Å²) >= 11 is 12.7. The molecule has 1 aliphatic rings. The van der Waals surface area contributed by atoms with Crippen molar-refractivity contribution in [3.05, 3.63) is 137 Å². The maximum atomic E-state index is 12.9. The topological polar surface area (TPSA) is 102 Å². The van der Waals surface area contributed by atoms with Crippen molar-refractivity contribution in [2.75, 3.05) is 12.5 Å². The van der Waals surface area contributed by atoms with Gasteiger partial charge in [-0.3, -0.25) is 9.59 Å². The number of hydrogen-bond donors (Lipinski definition) is 2. The van der Waals surface area contributed by atoms with Crippen LogP contribution in [0.5, 0.6) is 5.75 Å². The Balaban J connectivity index is 1.51. The van der Waals surface area contributed by atoms with Gasteiger partial charge in [-0.25, -0.2) is 0 Å². The molecule has 1 aliphatic heterocycles. The molecular weight excluding hydrogens is 751 g/mol. The summed E-state index contributed by atoms with van der Waals surface area (Å²) in [6, 6.07) is 33.2. The Morgan fingerprint density at radius 1 is 0.945 bits per heavy atom. The number of rotatable bonds is 18. The lowest BCUT2D eigenvalue weighted by Crippen LogP contribution is -2.65. The highest BCUT2D eigenvalue weighted by Gasteiger charge is 2.52. The van der Waals surface area contributed by atoms with Gasteiger partial charge in [0.1, 0.15) is 29.6 Å². The van der Waals surface area contributed by atoms with Crippen molar-refractivity contribution < 1.29 is 33.7 Å². The van der Waals surface area contributed by atoms with E-state index >= 15 is 0 Å². The zero-order chi connectivity index (χ0) is 39.6. The van der Waals surface area contributed by atoms with Gasteiger partial charge in [-0.2, -0.15) is 0 Å². The first-order valence-corrected chi connectivity index (χ1v) is 21.8. The zero-order valence-electron chi connectivity index (χ0n) is 31.8. The van der Waals surface area contributed by atoms with E-state index < -0.39 is 55.5 Å². The standard InChI is InChI=1S/C45H52Cl2O7Si/c1-5-13-34(48)21-24-38-43(32-20-25-39(47)33(29-32)28-31-18-22-35(23-19-31)52-6-2)53-40(42(50)44(38)54-41(49)30-46)26-27-45(3,4)55(51,36-14-9-7-10-15-36)37-16-11-8-12-17-37/h5,7-12,14-20,22-23,25,29,38,40,42-44,50-51H,1,6,13,21,24,26-28,30H2,2-4H3. The molecule has 1 heterocycles. The third-order valence-corrected chi connectivity index (χ3v) is 15.9. The first kappa shape index (κ1) is 42.4. The average molecular weight is 804 g/mol. The van der Waals surface area contributed by atoms with Crippen LogP contribution in [0.4, 0.5) is 0 Å². The maximum Gasteiger partial charge on any atom is 0.321 e. The van der Waals surface area contributed by atoms with Crippen LogP contribution in [0.1, 0.15) is 75.7 Å². The average Bonchev–Trinajstić information content (AvgIpc) is 3.19. The molecule has 7 nitrogen and oxygen atoms in total. The van der Waals surface area contributed by atoms with Gasteiger partial charge in [0.25, 0.3) is 8.32 Å². The number of allylic oxidation sites excluding steroid dienone is 1. The normalized spacial score (nSPS) is 20.1. The number of carbonyl (C=O) groups excluding carboxylic acids is 2. The number of carbonyl (C=O) groups is 2. The van der Waals surface area contributed by atoms with Gasteiger partial charge in [0.15, 0.2) is 0 Å². The predicted octanol–water partition coefficient (Wildman–Crippen LogP) is 8.14. The smallest absolute Gasteiger partial charge is 0.321 e. The molecule has 5 rings (SSSR count). The summed E-state index contributed by atoms with van der Waals surface area (Å²) in [7, 11) is -3.38. The van der Waals surface area contributed by atoms with Gasteiger partial charge in [0.05, 0.1) is 18.8 Å². The van der Waals surface area contributed by atoms with Crippen LogP contribution in [0.3, 0.4) is 0 Å². The summed E-state index contributed by atoms with van der Waals surface area (Å²) in [6.07, 6.45) is -0.0835. The van der Waals surface area contributed by atoms with E-state index in [1.54, 1.807) is 6.08 Å². The van der Waals surface area contributed by atoms with Gasteiger partial charge < -0.3 is 24.1 Å². The van der Waals surface area contributed by atoms with Crippen LogP contribution in [-0.4, -0.2) is 60.8 Å². The molecule has 10 heteroatoms. The third kappa shape index (κ3) is 10.2. The second-order valence-corrected chi connectivity index (χ2v) is 19.5. The third-order valence-electron chi connectivity index (χ3n) is 10.8. The molecule has 1 fully saturated rings. The van der Waals surface area contributed by atoms with Crippen LogP contribution in [0.15, 0.2) is 116 Å². The minimum atomic E-state index is -3.38. The number of ketones is 1. The molecule has 0 saturated carbocycles. The number of esters is 1. The van der Waals surface area contributed by atoms with Gasteiger partial charge >= 0.3 is 5.97 Å². The number of ether oxygens (including phenoxy) is 3. The van der Waals surface area contributed by atoms with E-state index in [0.717, 1.165) is 32.8 Å². The van der Waals surface area contributed by atoms with Gasteiger partial charge in [0.2, 0.25) is 0 Å². The number of alkyl halides is 1. The van der Waals surface area contributed by atoms with Gasteiger partial charge in [-0.15, -0.1) is 18.2 Å². The fourth-order valence-electron chi connectivity index (χ4n) is 7.81. The molecule has 2 N–H and O–H groups in total. The van der Waals surface area contributed by atoms with Gasteiger partial charge in [-0.05, 0) is 82.9 Å². The largest absolute Gasteiger partial charge is 0.494 e. The monoisotopic (exact) mass is 802 g/mol. The Kier molecular flexibility index (Phi) is 14.9. The minimum absolute atomic E-state index is 0.0205. The number of Topliss-reactive ketones (excluding diaryl/α,β-unsaturated/α-hetero) is 1. The molecule has 0 spiro atoms. The summed E-state index contributed by atoms with van der Waals surface area (Å²) < 4.78 is 18.5. The molecule has 292 valence electrons. The number of halogens is 2. The van der Waals surface area contributed by atoms with Gasteiger partial charge in [0, 0.05) is 23.8 Å². The van der Waals surface area contributed by atoms with Crippen LogP contribution in [0.25, 0.3) is 0 Å². The van der Waals surface area contributed by atoms with Crippen molar-refractivity contribution in [2.24, 2.45) is 5.92 Å². The second kappa shape index (κ2) is 19.4. The van der Waals surface area contributed by atoms with Crippen LogP contribution in [0.2, 0.25) is 10.1 Å². The van der Waals surface area contributed by atoms with E-state index in [4.69, 9.17) is 37.4 Å². The highest BCUT2D eigenvalue weighted by molar-refractivity contribution is 6.98. The van der Waals surface area contributed by atoms with Crippen LogP contribution in [-0.2, 0) is 25.5 Å². The summed E-state index contributed by atoms with van der Waals surface area (Å²) in [6.45, 7) is 10.4. The van der Waals surface area contributed by atoms with Crippen molar-refractivity contribution in [1.82, 2.24) is 0 Å². The summed E-state index contributed by atoms with van der Waals surface area (Å²) in [5.41, 5.74) is 2.69. The quantitative estimate of drug-likeness (QED) is 0.0454. The predicted molar refractivity (Wildman–Crippen MR) is 222 cm³/mol. The Labute approximate surface area is 336 Å². The summed E-state index contributed by atoms with van der Waals surface area (Å²) in [5.74, 6) is -0.883. The molecule has 55 heavy (non-hydrogen) atoms. The molecule has 4 aromatic carbocycles. The Hall–Kier alpha value is -3.76. The number of benzene rings is 4.